The Morgan fingerprint density at radius 3 is 2.96 bits per heavy atom. The maximum absolute atomic E-state index is 12.3. The topological polar surface area (TPSA) is 64.7 Å². The number of nitrogens with one attached hydrogen (secondary N) is 1. The van der Waals surface area contributed by atoms with Gasteiger partial charge in [-0.15, -0.1) is 0 Å². The number of hydrogen-bond donors (Lipinski definition) is 1. The van der Waals surface area contributed by atoms with Crippen molar-refractivity contribution < 1.29 is 4.79 Å². The van der Waals surface area contributed by atoms with Crippen LogP contribution in [0.5, 0.6) is 0 Å². The van der Waals surface area contributed by atoms with E-state index >= 15 is 0 Å². The van der Waals surface area contributed by atoms with Crippen molar-refractivity contribution in [2.24, 2.45) is 7.05 Å². The summed E-state index contributed by atoms with van der Waals surface area (Å²) in [6, 6.07) is 12.2. The minimum atomic E-state index is -0.0273. The van der Waals surface area contributed by atoms with E-state index in [0.717, 1.165) is 22.2 Å². The second kappa shape index (κ2) is 6.05. The number of amides is 1. The number of rotatable bonds is 4. The Hall–Kier alpha value is -3.15. The molecule has 3 aromatic heterocycles. The highest BCUT2D eigenvalue weighted by atomic mass is 16.1. The largest absolute Gasteiger partial charge is 0.347 e. The lowest BCUT2D eigenvalue weighted by Gasteiger charge is -2.07. The van der Waals surface area contributed by atoms with Gasteiger partial charge in [-0.1, -0.05) is 18.2 Å². The maximum atomic E-state index is 12.3. The maximum Gasteiger partial charge on any atom is 0.226 e. The van der Waals surface area contributed by atoms with Crippen LogP contribution in [0.1, 0.15) is 12.1 Å². The summed E-state index contributed by atoms with van der Waals surface area (Å²) in [7, 11) is 1.86. The van der Waals surface area contributed by atoms with E-state index in [1.807, 2.05) is 38.4 Å². The minimum Gasteiger partial charge on any atom is -0.347 e. The van der Waals surface area contributed by atoms with Crippen molar-refractivity contribution >= 4 is 33.5 Å². The Morgan fingerprint density at radius 2 is 2.08 bits per heavy atom. The minimum absolute atomic E-state index is 0.0273. The van der Waals surface area contributed by atoms with Gasteiger partial charge in [-0.25, -0.2) is 4.98 Å². The highest BCUT2D eigenvalue weighted by molar-refractivity contribution is 5.93. The average molecular weight is 333 g/mol. The van der Waals surface area contributed by atoms with Crippen molar-refractivity contribution in [1.82, 2.24) is 19.3 Å². The van der Waals surface area contributed by atoms with E-state index in [9.17, 15) is 4.79 Å². The molecule has 6 heteroatoms. The highest BCUT2D eigenvalue weighted by Crippen LogP contribution is 2.20. The summed E-state index contributed by atoms with van der Waals surface area (Å²) >= 11 is 0. The van der Waals surface area contributed by atoms with Gasteiger partial charge in [0.15, 0.2) is 5.65 Å². The molecule has 6 nitrogen and oxygen atoms in total. The van der Waals surface area contributed by atoms with Crippen LogP contribution in [0.15, 0.2) is 48.8 Å². The fourth-order valence-electron chi connectivity index (χ4n) is 3.16. The molecule has 0 aliphatic heterocycles. The summed E-state index contributed by atoms with van der Waals surface area (Å²) in [4.78, 5) is 16.7. The van der Waals surface area contributed by atoms with E-state index in [1.165, 1.54) is 5.39 Å². The van der Waals surface area contributed by atoms with Gasteiger partial charge in [0.25, 0.3) is 0 Å². The number of fused-ring (bicyclic) bond motifs is 2. The molecule has 0 aliphatic carbocycles. The number of benzene rings is 1. The summed E-state index contributed by atoms with van der Waals surface area (Å²) < 4.78 is 3.84. The molecule has 0 aliphatic rings. The first-order valence-corrected chi connectivity index (χ1v) is 8.25. The molecule has 0 fully saturated rings. The van der Waals surface area contributed by atoms with Crippen molar-refractivity contribution in [2.45, 2.75) is 19.9 Å². The molecule has 126 valence electrons. The van der Waals surface area contributed by atoms with E-state index < -0.39 is 0 Å². The van der Waals surface area contributed by atoms with Crippen LogP contribution < -0.4 is 5.32 Å². The van der Waals surface area contributed by atoms with Gasteiger partial charge in [0.05, 0.1) is 17.6 Å². The van der Waals surface area contributed by atoms with Gasteiger partial charge in [-0.05, 0) is 30.5 Å². The zero-order valence-corrected chi connectivity index (χ0v) is 14.2. The number of anilines is 1. The Morgan fingerprint density at radius 1 is 1.24 bits per heavy atom. The average Bonchev–Trinajstić information content (AvgIpc) is 3.14. The molecule has 0 bridgehead atoms. The van der Waals surface area contributed by atoms with E-state index in [1.54, 1.807) is 10.9 Å². The molecule has 3 heterocycles. The van der Waals surface area contributed by atoms with Gasteiger partial charge in [0, 0.05) is 37.1 Å². The third-order valence-electron chi connectivity index (χ3n) is 4.41. The van der Waals surface area contributed by atoms with Gasteiger partial charge in [-0.3, -0.25) is 9.48 Å². The molecule has 1 N–H and O–H groups in total. The van der Waals surface area contributed by atoms with Gasteiger partial charge >= 0.3 is 0 Å². The van der Waals surface area contributed by atoms with Crippen LogP contribution in [0.2, 0.25) is 0 Å². The SMILES string of the molecule is Cc1nn(C)c2ncc(NC(=O)CCn3ccc4ccccc43)cc12. The first-order chi connectivity index (χ1) is 12.1. The van der Waals surface area contributed by atoms with E-state index in [2.05, 4.69) is 38.2 Å². The Bertz CT molecular complexity index is 1080. The number of aromatic nitrogens is 4. The van der Waals surface area contributed by atoms with E-state index in [-0.39, 0.29) is 5.91 Å². The number of carbonyl (C=O) groups is 1. The molecule has 0 unspecified atom stereocenters. The van der Waals surface area contributed by atoms with Crippen LogP contribution in [0.3, 0.4) is 0 Å². The van der Waals surface area contributed by atoms with Crippen LogP contribution in [0, 0.1) is 6.92 Å². The summed E-state index contributed by atoms with van der Waals surface area (Å²) in [5, 5.41) is 9.42. The second-order valence-electron chi connectivity index (χ2n) is 6.17. The first kappa shape index (κ1) is 15.4. The lowest BCUT2D eigenvalue weighted by atomic mass is 10.2. The number of carbonyl (C=O) groups excluding carboxylic acids is 1. The Labute approximate surface area is 145 Å². The van der Waals surface area contributed by atoms with Crippen molar-refractivity contribution in [2.75, 3.05) is 5.32 Å². The van der Waals surface area contributed by atoms with Crippen molar-refractivity contribution in [3.8, 4) is 0 Å². The van der Waals surface area contributed by atoms with E-state index in [4.69, 9.17) is 0 Å². The molecule has 0 saturated heterocycles. The zero-order valence-electron chi connectivity index (χ0n) is 14.2. The zero-order chi connectivity index (χ0) is 17.4. The normalized spacial score (nSPS) is 11.3. The third-order valence-corrected chi connectivity index (χ3v) is 4.41. The molecule has 1 amide bonds. The number of aryl methyl sites for hydroxylation is 3. The summed E-state index contributed by atoms with van der Waals surface area (Å²) in [5.74, 6) is -0.0273. The van der Waals surface area contributed by atoms with Gasteiger partial charge in [0.2, 0.25) is 5.91 Å². The lowest BCUT2D eigenvalue weighted by molar-refractivity contribution is -0.116. The molecule has 1 aromatic carbocycles. The smallest absolute Gasteiger partial charge is 0.226 e. The summed E-state index contributed by atoms with van der Waals surface area (Å²) in [6.07, 6.45) is 4.10. The predicted molar refractivity (Wildman–Crippen MR) is 98.4 cm³/mol. The third kappa shape index (κ3) is 2.87. The Kier molecular flexibility index (Phi) is 3.72. The summed E-state index contributed by atoms with van der Waals surface area (Å²) in [5.41, 5.74) is 3.56. The van der Waals surface area contributed by atoms with Crippen LogP contribution in [-0.2, 0) is 18.4 Å². The quantitative estimate of drug-likeness (QED) is 0.623. The molecular weight excluding hydrogens is 314 g/mol. The number of nitrogens with zero attached hydrogens (tertiary/aromatic N) is 4. The van der Waals surface area contributed by atoms with Gasteiger partial charge < -0.3 is 9.88 Å². The molecule has 0 spiro atoms. The predicted octanol–water partition coefficient (Wildman–Crippen LogP) is 3.26. The molecular formula is C19H19N5O. The monoisotopic (exact) mass is 333 g/mol. The first-order valence-electron chi connectivity index (χ1n) is 8.25. The van der Waals surface area contributed by atoms with Crippen molar-refractivity contribution in [3.63, 3.8) is 0 Å². The lowest BCUT2D eigenvalue weighted by Crippen LogP contribution is -2.14. The Balaban J connectivity index is 1.46. The highest BCUT2D eigenvalue weighted by Gasteiger charge is 2.09. The second-order valence-corrected chi connectivity index (χ2v) is 6.17. The molecule has 4 rings (SSSR count). The molecule has 0 atom stereocenters. The molecule has 25 heavy (non-hydrogen) atoms. The van der Waals surface area contributed by atoms with Crippen molar-refractivity contribution in [1.29, 1.82) is 0 Å². The van der Waals surface area contributed by atoms with Gasteiger partial charge in [0.1, 0.15) is 0 Å². The van der Waals surface area contributed by atoms with Crippen LogP contribution in [-0.4, -0.2) is 25.2 Å². The standard InChI is InChI=1S/C19H19N5O/c1-13-16-11-15(12-20-19(16)23(2)22-13)21-18(25)8-10-24-9-7-14-5-3-4-6-17(14)24/h3-7,9,11-12H,8,10H2,1-2H3,(H,21,25). The van der Waals surface area contributed by atoms with Crippen LogP contribution >= 0.6 is 0 Å². The molecule has 0 saturated carbocycles. The fourth-order valence-corrected chi connectivity index (χ4v) is 3.16. The molecule has 0 radical (unpaired) electrons. The number of pyridine rings is 1. The van der Waals surface area contributed by atoms with Gasteiger partial charge in [-0.2, -0.15) is 5.10 Å². The molecule has 4 aromatic rings. The van der Waals surface area contributed by atoms with Crippen molar-refractivity contribution in [3.05, 3.63) is 54.5 Å². The summed E-state index contributed by atoms with van der Waals surface area (Å²) in [6.45, 7) is 2.58. The fraction of sp³-hybridized carbons (Fsp3) is 0.211. The van der Waals surface area contributed by atoms with Crippen LogP contribution in [0.25, 0.3) is 21.9 Å². The van der Waals surface area contributed by atoms with E-state index in [0.29, 0.717) is 18.7 Å². The number of hydrogen-bond acceptors (Lipinski definition) is 3. The van der Waals surface area contributed by atoms with Crippen LogP contribution in [0.4, 0.5) is 5.69 Å². The number of para-hydroxylation sites is 1.